The van der Waals surface area contributed by atoms with Crippen LogP contribution in [0.25, 0.3) is 11.3 Å². The first-order valence-corrected chi connectivity index (χ1v) is 7.61. The van der Waals surface area contributed by atoms with Crippen LogP contribution in [0, 0.1) is 0 Å². The van der Waals surface area contributed by atoms with Crippen LogP contribution >= 0.6 is 23.2 Å². The molecule has 0 spiro atoms. The van der Waals surface area contributed by atoms with Gasteiger partial charge < -0.3 is 4.52 Å². The Kier molecular flexibility index (Phi) is 4.29. The molecule has 1 aliphatic rings. The summed E-state index contributed by atoms with van der Waals surface area (Å²) >= 11 is 12.5. The largest absolute Gasteiger partial charge is 0.364 e. The minimum absolute atomic E-state index is 0.603. The van der Waals surface area contributed by atoms with Crippen LogP contribution in [0.15, 0.2) is 29.0 Å². The minimum Gasteiger partial charge on any atom is -0.364 e. The van der Waals surface area contributed by atoms with Crippen LogP contribution in [-0.4, -0.2) is 23.1 Å². The zero-order chi connectivity index (χ0) is 13.9. The minimum atomic E-state index is 0.603. The second kappa shape index (κ2) is 6.17. The number of nitrogens with zero attached hydrogens (tertiary/aromatic N) is 2. The van der Waals surface area contributed by atoms with Crippen LogP contribution in [-0.2, 0) is 6.54 Å². The topological polar surface area (TPSA) is 29.3 Å². The number of halogens is 2. The molecule has 5 heteroatoms. The van der Waals surface area contributed by atoms with Gasteiger partial charge in [-0.2, -0.15) is 0 Å². The van der Waals surface area contributed by atoms with Crippen LogP contribution in [0.3, 0.4) is 0 Å². The zero-order valence-electron chi connectivity index (χ0n) is 11.1. The predicted octanol–water partition coefficient (Wildman–Crippen LogP) is 4.63. The Morgan fingerprint density at radius 2 is 1.80 bits per heavy atom. The average Bonchev–Trinajstić information content (AvgIpc) is 2.88. The van der Waals surface area contributed by atoms with Gasteiger partial charge in [-0.1, -0.05) is 40.8 Å². The number of benzene rings is 1. The number of rotatable bonds is 3. The highest BCUT2D eigenvalue weighted by molar-refractivity contribution is 6.39. The first-order valence-electron chi connectivity index (χ1n) is 6.85. The first-order chi connectivity index (χ1) is 9.75. The van der Waals surface area contributed by atoms with E-state index >= 15 is 0 Å². The Bertz CT molecular complexity index is 571. The van der Waals surface area contributed by atoms with Crippen molar-refractivity contribution in [2.75, 3.05) is 13.1 Å². The van der Waals surface area contributed by atoms with E-state index in [2.05, 4.69) is 10.1 Å². The van der Waals surface area contributed by atoms with Crippen LogP contribution < -0.4 is 0 Å². The number of likely N-dealkylation sites (tertiary alicyclic amines) is 1. The molecule has 1 fully saturated rings. The fourth-order valence-electron chi connectivity index (χ4n) is 2.66. The molecule has 20 heavy (non-hydrogen) atoms. The van der Waals surface area contributed by atoms with Gasteiger partial charge in [0.1, 0.15) is 12.0 Å². The summed E-state index contributed by atoms with van der Waals surface area (Å²) in [6, 6.07) is 5.48. The fourth-order valence-corrected chi connectivity index (χ4v) is 3.23. The quantitative estimate of drug-likeness (QED) is 0.827. The maximum atomic E-state index is 6.26. The predicted molar refractivity (Wildman–Crippen MR) is 81.1 cm³/mol. The van der Waals surface area contributed by atoms with Crippen LogP contribution in [0.2, 0.25) is 10.0 Å². The van der Waals surface area contributed by atoms with E-state index in [1.165, 1.54) is 19.3 Å². The molecular weight excluding hydrogens is 295 g/mol. The number of hydrogen-bond donors (Lipinski definition) is 0. The molecule has 0 N–H and O–H groups in total. The van der Waals surface area contributed by atoms with E-state index in [0.29, 0.717) is 10.0 Å². The van der Waals surface area contributed by atoms with E-state index in [1.807, 2.05) is 18.2 Å². The molecule has 0 bridgehead atoms. The van der Waals surface area contributed by atoms with Crippen molar-refractivity contribution in [3.8, 4) is 11.3 Å². The number of aromatic nitrogens is 1. The second-order valence-corrected chi connectivity index (χ2v) is 5.94. The summed E-state index contributed by atoms with van der Waals surface area (Å²) in [4.78, 5) is 2.42. The zero-order valence-corrected chi connectivity index (χ0v) is 12.6. The van der Waals surface area contributed by atoms with Crippen molar-refractivity contribution in [3.05, 3.63) is 40.1 Å². The van der Waals surface area contributed by atoms with Crippen molar-refractivity contribution in [1.82, 2.24) is 10.1 Å². The van der Waals surface area contributed by atoms with Crippen molar-refractivity contribution < 1.29 is 4.52 Å². The van der Waals surface area contributed by atoms with E-state index < -0.39 is 0 Å². The Balaban J connectivity index is 1.89. The maximum Gasteiger partial charge on any atom is 0.128 e. The summed E-state index contributed by atoms with van der Waals surface area (Å²) in [6.07, 6.45) is 5.54. The van der Waals surface area contributed by atoms with Crippen LogP contribution in [0.1, 0.15) is 24.8 Å². The summed E-state index contributed by atoms with van der Waals surface area (Å²) in [7, 11) is 0. The Hall–Kier alpha value is -1.03. The maximum absolute atomic E-state index is 6.26. The van der Waals surface area contributed by atoms with Gasteiger partial charge in [0.15, 0.2) is 0 Å². The Morgan fingerprint density at radius 1 is 1.10 bits per heavy atom. The highest BCUT2D eigenvalue weighted by Crippen LogP contribution is 2.36. The number of piperidine rings is 1. The molecule has 1 aromatic carbocycles. The van der Waals surface area contributed by atoms with E-state index in [9.17, 15) is 0 Å². The van der Waals surface area contributed by atoms with Crippen LogP contribution in [0.5, 0.6) is 0 Å². The fraction of sp³-hybridized carbons (Fsp3) is 0.400. The van der Waals surface area contributed by atoms with Crippen molar-refractivity contribution in [1.29, 1.82) is 0 Å². The van der Waals surface area contributed by atoms with Gasteiger partial charge in [-0.3, -0.25) is 4.90 Å². The summed E-state index contributed by atoms with van der Waals surface area (Å²) in [5.74, 6) is 0. The smallest absolute Gasteiger partial charge is 0.128 e. The normalized spacial score (nSPS) is 16.5. The summed E-state index contributed by atoms with van der Waals surface area (Å²) < 4.78 is 5.16. The van der Waals surface area contributed by atoms with Crippen molar-refractivity contribution in [3.63, 3.8) is 0 Å². The average molecular weight is 311 g/mol. The first kappa shape index (κ1) is 13.9. The van der Waals surface area contributed by atoms with Crippen LogP contribution in [0.4, 0.5) is 0 Å². The molecule has 0 saturated carbocycles. The molecule has 1 saturated heterocycles. The number of hydrogen-bond acceptors (Lipinski definition) is 3. The summed E-state index contributed by atoms with van der Waals surface area (Å²) in [5.41, 5.74) is 2.56. The molecule has 2 aromatic rings. The molecule has 0 atom stereocenters. The lowest BCUT2D eigenvalue weighted by Crippen LogP contribution is -2.29. The third-order valence-corrected chi connectivity index (χ3v) is 4.32. The molecule has 0 aliphatic carbocycles. The van der Waals surface area contributed by atoms with Gasteiger partial charge in [-0.05, 0) is 38.1 Å². The van der Waals surface area contributed by atoms with E-state index in [-0.39, 0.29) is 0 Å². The Morgan fingerprint density at radius 3 is 2.50 bits per heavy atom. The summed E-state index contributed by atoms with van der Waals surface area (Å²) in [5, 5.41) is 5.31. The van der Waals surface area contributed by atoms with Crippen molar-refractivity contribution >= 4 is 23.2 Å². The standard InChI is InChI=1S/C15H16Cl2N2O/c16-12-5-4-6-13(17)14(12)15-11(10-20-18-15)9-19-7-2-1-3-8-19/h4-6,10H,1-3,7-9H2. The molecule has 1 aromatic heterocycles. The highest BCUT2D eigenvalue weighted by atomic mass is 35.5. The molecule has 3 rings (SSSR count). The second-order valence-electron chi connectivity index (χ2n) is 5.12. The molecule has 0 radical (unpaired) electrons. The molecule has 3 nitrogen and oxygen atoms in total. The van der Waals surface area contributed by atoms with Gasteiger partial charge in [-0.25, -0.2) is 0 Å². The van der Waals surface area contributed by atoms with E-state index in [1.54, 1.807) is 6.26 Å². The van der Waals surface area contributed by atoms with E-state index in [4.69, 9.17) is 27.7 Å². The molecule has 0 amide bonds. The molecule has 1 aliphatic heterocycles. The Labute approximate surface area is 128 Å². The highest BCUT2D eigenvalue weighted by Gasteiger charge is 2.19. The van der Waals surface area contributed by atoms with Gasteiger partial charge in [-0.15, -0.1) is 0 Å². The lowest BCUT2D eigenvalue weighted by Gasteiger charge is -2.26. The van der Waals surface area contributed by atoms with Gasteiger partial charge in [0, 0.05) is 17.7 Å². The summed E-state index contributed by atoms with van der Waals surface area (Å²) in [6.45, 7) is 3.09. The molecule has 0 unspecified atom stereocenters. The van der Waals surface area contributed by atoms with Gasteiger partial charge in [0.05, 0.1) is 10.0 Å². The van der Waals surface area contributed by atoms with Gasteiger partial charge in [0.2, 0.25) is 0 Å². The van der Waals surface area contributed by atoms with Gasteiger partial charge in [0.25, 0.3) is 0 Å². The molecule has 2 heterocycles. The van der Waals surface area contributed by atoms with Crippen molar-refractivity contribution in [2.45, 2.75) is 25.8 Å². The third-order valence-electron chi connectivity index (χ3n) is 3.69. The third kappa shape index (κ3) is 2.85. The monoisotopic (exact) mass is 310 g/mol. The SMILES string of the molecule is Clc1cccc(Cl)c1-c1nocc1CN1CCCCC1. The molecular formula is C15H16Cl2N2O. The lowest BCUT2D eigenvalue weighted by atomic mass is 10.1. The van der Waals surface area contributed by atoms with Crippen molar-refractivity contribution in [2.24, 2.45) is 0 Å². The van der Waals surface area contributed by atoms with E-state index in [0.717, 1.165) is 36.5 Å². The molecule has 106 valence electrons. The lowest BCUT2D eigenvalue weighted by molar-refractivity contribution is 0.220. The van der Waals surface area contributed by atoms with Gasteiger partial charge >= 0.3 is 0 Å².